The Kier molecular flexibility index (Phi) is 5.22. The van der Waals surface area contributed by atoms with Gasteiger partial charge < -0.3 is 21.5 Å². The van der Waals surface area contributed by atoms with E-state index in [-0.39, 0.29) is 5.84 Å². The lowest BCUT2D eigenvalue weighted by Crippen LogP contribution is -2.17. The monoisotopic (exact) mass is 375 g/mol. The number of aryl methyl sites for hydroxylation is 3. The topological polar surface area (TPSA) is 110 Å². The molecule has 144 valence electrons. The molecule has 0 unspecified atom stereocenters. The fourth-order valence-electron chi connectivity index (χ4n) is 3.42. The lowest BCUT2D eigenvalue weighted by Gasteiger charge is -2.18. The number of nitrogens with zero attached hydrogens (tertiary/aromatic N) is 1. The number of methoxy groups -OCH3 is 1. The quantitative estimate of drug-likeness (QED) is 0.393. The van der Waals surface area contributed by atoms with Crippen molar-refractivity contribution in [2.24, 2.45) is 5.73 Å². The molecule has 1 heterocycles. The number of nitrogen functional groups attached to an aromatic ring is 2. The first-order chi connectivity index (χ1) is 13.3. The first-order valence-corrected chi connectivity index (χ1v) is 8.94. The van der Waals surface area contributed by atoms with Crippen LogP contribution in [0.5, 0.6) is 5.75 Å². The first kappa shape index (κ1) is 19.2. The van der Waals surface area contributed by atoms with Crippen LogP contribution < -0.4 is 21.5 Å². The van der Waals surface area contributed by atoms with E-state index in [9.17, 15) is 0 Å². The van der Waals surface area contributed by atoms with E-state index >= 15 is 0 Å². The van der Waals surface area contributed by atoms with Crippen LogP contribution in [-0.2, 0) is 0 Å². The van der Waals surface area contributed by atoms with Crippen LogP contribution in [0, 0.1) is 26.2 Å². The highest BCUT2D eigenvalue weighted by Gasteiger charge is 2.18. The zero-order chi connectivity index (χ0) is 20.4. The molecule has 0 amide bonds. The van der Waals surface area contributed by atoms with Crippen molar-refractivity contribution in [1.82, 2.24) is 4.98 Å². The highest BCUT2D eigenvalue weighted by atomic mass is 16.5. The van der Waals surface area contributed by atoms with E-state index in [1.807, 2.05) is 38.1 Å². The van der Waals surface area contributed by atoms with Gasteiger partial charge in [0, 0.05) is 17.4 Å². The largest absolute Gasteiger partial charge is 0.497 e. The van der Waals surface area contributed by atoms with Crippen LogP contribution in [0.15, 0.2) is 42.6 Å². The van der Waals surface area contributed by atoms with Gasteiger partial charge in [0.05, 0.1) is 18.4 Å². The number of benzene rings is 2. The molecule has 28 heavy (non-hydrogen) atoms. The zero-order valence-electron chi connectivity index (χ0n) is 16.6. The van der Waals surface area contributed by atoms with Gasteiger partial charge in [0.25, 0.3) is 0 Å². The molecule has 6 nitrogen and oxygen atoms in total. The summed E-state index contributed by atoms with van der Waals surface area (Å²) in [5, 5.41) is 11.4. The predicted molar refractivity (Wildman–Crippen MR) is 116 cm³/mol. The van der Waals surface area contributed by atoms with Crippen LogP contribution in [0.25, 0.3) is 11.1 Å². The molecule has 0 aliphatic heterocycles. The van der Waals surface area contributed by atoms with E-state index in [4.69, 9.17) is 21.6 Å². The van der Waals surface area contributed by atoms with Gasteiger partial charge in [-0.3, -0.25) is 5.41 Å². The minimum Gasteiger partial charge on any atom is -0.497 e. The Bertz CT molecular complexity index is 1040. The molecule has 2 aromatic carbocycles. The van der Waals surface area contributed by atoms with Gasteiger partial charge in [-0.15, -0.1) is 0 Å². The van der Waals surface area contributed by atoms with Gasteiger partial charge in [-0.05, 0) is 49.6 Å². The summed E-state index contributed by atoms with van der Waals surface area (Å²) in [7, 11) is 1.61. The summed E-state index contributed by atoms with van der Waals surface area (Å²) in [5.41, 5.74) is 18.9. The van der Waals surface area contributed by atoms with Crippen molar-refractivity contribution in [2.75, 3.05) is 18.2 Å². The molecule has 3 aromatic rings. The average molecular weight is 375 g/mol. The van der Waals surface area contributed by atoms with Gasteiger partial charge in [-0.25, -0.2) is 4.98 Å². The van der Waals surface area contributed by atoms with Crippen molar-refractivity contribution < 1.29 is 4.74 Å². The summed E-state index contributed by atoms with van der Waals surface area (Å²) in [5.74, 6) is 1.07. The minimum atomic E-state index is -0.113. The number of hydrogen-bond donors (Lipinski definition) is 4. The van der Waals surface area contributed by atoms with E-state index in [0.29, 0.717) is 28.4 Å². The molecular weight excluding hydrogens is 350 g/mol. The summed E-state index contributed by atoms with van der Waals surface area (Å²) in [6.45, 7) is 6.14. The zero-order valence-corrected chi connectivity index (χ0v) is 16.6. The summed E-state index contributed by atoms with van der Waals surface area (Å²) in [4.78, 5) is 4.52. The summed E-state index contributed by atoms with van der Waals surface area (Å²) >= 11 is 0. The lowest BCUT2D eigenvalue weighted by molar-refractivity contribution is 0.415. The molecule has 0 fully saturated rings. The molecule has 0 spiro atoms. The molecule has 6 heteroatoms. The highest BCUT2D eigenvalue weighted by Crippen LogP contribution is 2.35. The van der Waals surface area contributed by atoms with Crippen LogP contribution in [0.3, 0.4) is 0 Å². The van der Waals surface area contributed by atoms with Crippen LogP contribution in [0.2, 0.25) is 0 Å². The van der Waals surface area contributed by atoms with Crippen molar-refractivity contribution >= 4 is 23.0 Å². The number of pyridine rings is 1. The molecule has 0 radical (unpaired) electrons. The number of nitrogens with one attached hydrogen (secondary N) is 2. The Morgan fingerprint density at radius 2 is 1.79 bits per heavy atom. The maximum Gasteiger partial charge on any atom is 0.154 e. The Labute approximate surface area is 165 Å². The Morgan fingerprint density at radius 1 is 1.11 bits per heavy atom. The molecule has 6 N–H and O–H groups in total. The van der Waals surface area contributed by atoms with E-state index in [1.54, 1.807) is 13.3 Å². The van der Waals surface area contributed by atoms with Gasteiger partial charge in [0.1, 0.15) is 11.6 Å². The van der Waals surface area contributed by atoms with Crippen LogP contribution >= 0.6 is 0 Å². The molecule has 0 aliphatic carbocycles. The van der Waals surface area contributed by atoms with Crippen molar-refractivity contribution in [2.45, 2.75) is 20.8 Å². The van der Waals surface area contributed by atoms with Crippen molar-refractivity contribution in [1.29, 1.82) is 5.41 Å². The lowest BCUT2D eigenvalue weighted by atomic mass is 9.99. The Balaban J connectivity index is 2.11. The first-order valence-electron chi connectivity index (χ1n) is 8.94. The second-order valence-electron chi connectivity index (χ2n) is 6.85. The Morgan fingerprint density at radius 3 is 2.39 bits per heavy atom. The van der Waals surface area contributed by atoms with E-state index in [0.717, 1.165) is 22.4 Å². The van der Waals surface area contributed by atoms with Crippen molar-refractivity contribution in [3.8, 4) is 16.9 Å². The third kappa shape index (κ3) is 3.62. The molecular formula is C22H25N5O. The molecule has 0 saturated carbocycles. The van der Waals surface area contributed by atoms with E-state index < -0.39 is 0 Å². The van der Waals surface area contributed by atoms with Gasteiger partial charge in [0.2, 0.25) is 0 Å². The molecule has 0 saturated heterocycles. The molecule has 3 rings (SSSR count). The normalized spacial score (nSPS) is 10.6. The third-order valence-corrected chi connectivity index (χ3v) is 4.69. The van der Waals surface area contributed by atoms with Gasteiger partial charge in [-0.1, -0.05) is 29.8 Å². The number of ether oxygens (including phenoxy) is 1. The molecule has 0 aliphatic rings. The number of hydrogen-bond acceptors (Lipinski definition) is 5. The molecule has 0 atom stereocenters. The number of anilines is 3. The predicted octanol–water partition coefficient (Wildman–Crippen LogP) is 4.29. The average Bonchev–Trinajstić information content (AvgIpc) is 2.65. The maximum absolute atomic E-state index is 8.06. The van der Waals surface area contributed by atoms with Crippen LogP contribution in [0.1, 0.15) is 22.3 Å². The Hall–Kier alpha value is -3.54. The third-order valence-electron chi connectivity index (χ3n) is 4.69. The summed E-state index contributed by atoms with van der Waals surface area (Å²) in [6, 6.07) is 11.7. The number of rotatable bonds is 5. The molecule has 0 bridgehead atoms. The van der Waals surface area contributed by atoms with Crippen LogP contribution in [0.4, 0.5) is 17.2 Å². The minimum absolute atomic E-state index is 0.113. The van der Waals surface area contributed by atoms with Crippen molar-refractivity contribution in [3.63, 3.8) is 0 Å². The molecule has 1 aromatic heterocycles. The number of aromatic nitrogens is 1. The summed E-state index contributed by atoms with van der Waals surface area (Å²) < 4.78 is 5.30. The SMILES string of the molecule is COc1cccc(-c2cnc(Nc3c(C)cc(C)cc3C)c(N)c2C(=N)N)c1. The van der Waals surface area contributed by atoms with Gasteiger partial charge in [0.15, 0.2) is 5.82 Å². The smallest absolute Gasteiger partial charge is 0.154 e. The number of amidine groups is 1. The fourth-order valence-corrected chi connectivity index (χ4v) is 3.42. The van der Waals surface area contributed by atoms with Crippen molar-refractivity contribution in [3.05, 3.63) is 64.8 Å². The van der Waals surface area contributed by atoms with Gasteiger partial charge >= 0.3 is 0 Å². The second-order valence-corrected chi connectivity index (χ2v) is 6.85. The van der Waals surface area contributed by atoms with E-state index in [2.05, 4.69) is 29.4 Å². The second kappa shape index (κ2) is 7.60. The van der Waals surface area contributed by atoms with E-state index in [1.165, 1.54) is 5.56 Å². The standard InChI is InChI=1S/C22H25N5O/c1-12-8-13(2)20(14(3)9-12)27-22-19(23)18(21(24)25)17(11-26-22)15-6-5-7-16(10-15)28-4/h5-11H,23H2,1-4H3,(H3,24,25)(H,26,27). The highest BCUT2D eigenvalue weighted by molar-refractivity contribution is 6.08. The van der Waals surface area contributed by atoms with Gasteiger partial charge in [-0.2, -0.15) is 0 Å². The fraction of sp³-hybridized carbons (Fsp3) is 0.182. The summed E-state index contributed by atoms with van der Waals surface area (Å²) in [6.07, 6.45) is 1.68. The maximum atomic E-state index is 8.06. The van der Waals surface area contributed by atoms with Crippen LogP contribution in [-0.4, -0.2) is 17.9 Å². The number of nitrogens with two attached hydrogens (primary N) is 2.